The predicted octanol–water partition coefficient (Wildman–Crippen LogP) is 0.892. The molecule has 1 aromatic carbocycles. The summed E-state index contributed by atoms with van der Waals surface area (Å²) in [6.45, 7) is 1.73. The number of carbonyl (C=O) groups excluding carboxylic acids is 1. The number of hydrogen-bond donors (Lipinski definition) is 1. The lowest BCUT2D eigenvalue weighted by atomic mass is 10.1. The van der Waals surface area contributed by atoms with Gasteiger partial charge in [0, 0.05) is 45.1 Å². The third kappa shape index (κ3) is 3.31. The molecule has 1 aliphatic heterocycles. The number of aryl methyl sites for hydroxylation is 1. The Morgan fingerprint density at radius 1 is 1.21 bits per heavy atom. The zero-order chi connectivity index (χ0) is 19.7. The topological polar surface area (TPSA) is 85.0 Å². The van der Waals surface area contributed by atoms with Crippen LogP contribution in [0.4, 0.5) is 4.39 Å². The number of nitrogens with one attached hydrogen (secondary N) is 1. The lowest BCUT2D eigenvalue weighted by molar-refractivity contribution is 0.0612. The number of piperazine rings is 1. The Balaban J connectivity index is 1.69. The van der Waals surface area contributed by atoms with Crippen LogP contribution in [-0.4, -0.2) is 49.8 Å². The van der Waals surface area contributed by atoms with Crippen molar-refractivity contribution in [3.63, 3.8) is 0 Å². The summed E-state index contributed by atoms with van der Waals surface area (Å²) >= 11 is 0. The van der Waals surface area contributed by atoms with E-state index in [1.165, 1.54) is 36.4 Å². The van der Waals surface area contributed by atoms with Crippen LogP contribution in [0.1, 0.15) is 22.4 Å². The fraction of sp³-hybridized carbons (Fsp3) is 0.263. The Bertz CT molecular complexity index is 1060. The van der Waals surface area contributed by atoms with Gasteiger partial charge in [0.1, 0.15) is 23.4 Å². The molecule has 3 aromatic rings. The van der Waals surface area contributed by atoms with Crippen molar-refractivity contribution in [1.29, 1.82) is 0 Å². The molecular weight excluding hydrogens is 363 g/mol. The van der Waals surface area contributed by atoms with Crippen LogP contribution >= 0.6 is 0 Å². The summed E-state index contributed by atoms with van der Waals surface area (Å²) in [6, 6.07) is 7.84. The van der Waals surface area contributed by atoms with Gasteiger partial charge in [0.15, 0.2) is 0 Å². The van der Waals surface area contributed by atoms with Crippen molar-refractivity contribution < 1.29 is 9.18 Å². The van der Waals surface area contributed by atoms with Crippen LogP contribution in [0.5, 0.6) is 0 Å². The molecule has 9 heteroatoms. The Morgan fingerprint density at radius 2 is 2.00 bits per heavy atom. The van der Waals surface area contributed by atoms with Crippen LogP contribution in [0, 0.1) is 5.82 Å². The first-order chi connectivity index (χ1) is 13.5. The molecule has 4 rings (SSSR count). The summed E-state index contributed by atoms with van der Waals surface area (Å²) in [6.07, 6.45) is 3.53. The lowest BCUT2D eigenvalue weighted by Gasteiger charge is -2.35. The van der Waals surface area contributed by atoms with Crippen LogP contribution in [-0.2, 0) is 7.05 Å². The molecule has 0 radical (unpaired) electrons. The summed E-state index contributed by atoms with van der Waals surface area (Å²) in [5, 5.41) is 7.51. The van der Waals surface area contributed by atoms with Gasteiger partial charge in [-0.25, -0.2) is 9.37 Å². The van der Waals surface area contributed by atoms with Crippen LogP contribution in [0.2, 0.25) is 0 Å². The second-order valence-corrected chi connectivity index (χ2v) is 6.56. The number of carbonyl (C=O) groups is 1. The molecule has 8 nitrogen and oxygen atoms in total. The van der Waals surface area contributed by atoms with Gasteiger partial charge in [0.05, 0.1) is 5.69 Å². The van der Waals surface area contributed by atoms with Gasteiger partial charge in [-0.3, -0.25) is 9.59 Å². The smallest absolute Gasteiger partial charge is 0.275 e. The van der Waals surface area contributed by atoms with Crippen molar-refractivity contribution in [1.82, 2.24) is 29.5 Å². The molecule has 1 saturated heterocycles. The molecule has 1 unspecified atom stereocenters. The Labute approximate surface area is 160 Å². The zero-order valence-electron chi connectivity index (χ0n) is 15.2. The molecule has 1 aliphatic rings. The van der Waals surface area contributed by atoms with E-state index in [-0.39, 0.29) is 17.6 Å². The molecule has 1 N–H and O–H groups in total. The first kappa shape index (κ1) is 18.1. The Morgan fingerprint density at radius 3 is 2.71 bits per heavy atom. The molecule has 0 spiro atoms. The van der Waals surface area contributed by atoms with E-state index in [0.717, 1.165) is 10.5 Å². The van der Waals surface area contributed by atoms with Gasteiger partial charge in [0.25, 0.3) is 11.5 Å². The van der Waals surface area contributed by atoms with E-state index >= 15 is 0 Å². The fourth-order valence-corrected chi connectivity index (χ4v) is 3.32. The van der Waals surface area contributed by atoms with Crippen molar-refractivity contribution >= 4 is 5.91 Å². The zero-order valence-corrected chi connectivity index (χ0v) is 15.2. The van der Waals surface area contributed by atoms with Crippen LogP contribution in [0.3, 0.4) is 0 Å². The molecule has 144 valence electrons. The summed E-state index contributed by atoms with van der Waals surface area (Å²) in [7, 11) is 1.88. The van der Waals surface area contributed by atoms with Gasteiger partial charge in [-0.1, -0.05) is 0 Å². The Kier molecular flexibility index (Phi) is 4.74. The third-order valence-corrected chi connectivity index (χ3v) is 4.75. The number of nitrogens with zero attached hydrogens (tertiary/aromatic N) is 5. The number of imidazole rings is 1. The number of rotatable bonds is 3. The monoisotopic (exact) mass is 382 g/mol. The van der Waals surface area contributed by atoms with E-state index in [0.29, 0.717) is 25.3 Å². The van der Waals surface area contributed by atoms with Gasteiger partial charge in [0.2, 0.25) is 0 Å². The van der Waals surface area contributed by atoms with E-state index in [4.69, 9.17) is 0 Å². The van der Waals surface area contributed by atoms with Crippen LogP contribution in [0.25, 0.3) is 5.69 Å². The number of hydrogen-bond acceptors (Lipinski definition) is 5. The molecule has 3 heterocycles. The van der Waals surface area contributed by atoms with E-state index in [1.54, 1.807) is 11.1 Å². The minimum atomic E-state index is -0.414. The number of amides is 1. The first-order valence-electron chi connectivity index (χ1n) is 8.90. The minimum Gasteiger partial charge on any atom is -0.336 e. The summed E-state index contributed by atoms with van der Waals surface area (Å²) < 4.78 is 16.2. The molecule has 0 bridgehead atoms. The van der Waals surface area contributed by atoms with Crippen molar-refractivity contribution in [2.45, 2.75) is 6.04 Å². The normalized spacial score (nSPS) is 16.9. The minimum absolute atomic E-state index is 0.144. The molecule has 1 fully saturated rings. The van der Waals surface area contributed by atoms with Crippen LogP contribution < -0.4 is 10.9 Å². The highest BCUT2D eigenvalue weighted by Gasteiger charge is 2.32. The van der Waals surface area contributed by atoms with Crippen LogP contribution in [0.15, 0.2) is 53.6 Å². The van der Waals surface area contributed by atoms with Gasteiger partial charge in [-0.15, -0.1) is 0 Å². The van der Waals surface area contributed by atoms with Gasteiger partial charge >= 0.3 is 0 Å². The van der Waals surface area contributed by atoms with Crippen molar-refractivity contribution in [2.75, 3.05) is 19.6 Å². The van der Waals surface area contributed by atoms with Gasteiger partial charge in [-0.05, 0) is 30.3 Å². The summed E-state index contributed by atoms with van der Waals surface area (Å²) in [5.74, 6) is 0.0699. The maximum Gasteiger partial charge on any atom is 0.275 e. The van der Waals surface area contributed by atoms with Gasteiger partial charge < -0.3 is 14.8 Å². The molecular formula is C19H19FN6O2. The van der Waals surface area contributed by atoms with E-state index in [1.807, 2.05) is 17.8 Å². The SMILES string of the molecule is Cn1ccnc1C1CNCCN1C(=O)c1ccc(=O)n(-c2ccc(F)cc2)n1. The number of benzene rings is 1. The predicted molar refractivity (Wildman–Crippen MR) is 99.6 cm³/mol. The average molecular weight is 382 g/mol. The molecule has 28 heavy (non-hydrogen) atoms. The van der Waals surface area contributed by atoms with Crippen molar-refractivity contribution in [2.24, 2.45) is 7.05 Å². The van der Waals surface area contributed by atoms with E-state index in [9.17, 15) is 14.0 Å². The second kappa shape index (κ2) is 7.35. The van der Waals surface area contributed by atoms with E-state index in [2.05, 4.69) is 15.4 Å². The highest BCUT2D eigenvalue weighted by atomic mass is 19.1. The molecule has 1 amide bonds. The van der Waals surface area contributed by atoms with Gasteiger partial charge in [-0.2, -0.15) is 9.78 Å². The molecule has 0 saturated carbocycles. The quantitative estimate of drug-likeness (QED) is 0.727. The fourth-order valence-electron chi connectivity index (χ4n) is 3.32. The largest absolute Gasteiger partial charge is 0.336 e. The lowest BCUT2D eigenvalue weighted by Crippen LogP contribution is -2.49. The van der Waals surface area contributed by atoms with E-state index < -0.39 is 11.4 Å². The standard InChI is InChI=1S/C19H19FN6O2/c1-24-10-9-22-18(24)16-12-21-8-11-25(16)19(28)15-6-7-17(27)26(23-15)14-4-2-13(20)3-5-14/h2-7,9-10,16,21H,8,11-12H2,1H3. The maximum absolute atomic E-state index is 13.2. The Hall–Kier alpha value is -3.33. The molecule has 0 aliphatic carbocycles. The maximum atomic E-state index is 13.2. The molecule has 2 aromatic heterocycles. The summed E-state index contributed by atoms with van der Waals surface area (Å²) in [4.78, 5) is 31.5. The van der Waals surface area contributed by atoms with Crippen molar-refractivity contribution in [3.8, 4) is 5.69 Å². The first-order valence-corrected chi connectivity index (χ1v) is 8.90. The average Bonchev–Trinajstić information content (AvgIpc) is 3.14. The summed E-state index contributed by atoms with van der Waals surface area (Å²) in [5.41, 5.74) is 0.135. The number of aromatic nitrogens is 4. The third-order valence-electron chi connectivity index (χ3n) is 4.75. The second-order valence-electron chi connectivity index (χ2n) is 6.56. The number of halogens is 1. The highest BCUT2D eigenvalue weighted by Crippen LogP contribution is 2.22. The van der Waals surface area contributed by atoms with Crippen molar-refractivity contribution in [3.05, 3.63) is 76.5 Å². The molecule has 1 atom stereocenters. The highest BCUT2D eigenvalue weighted by molar-refractivity contribution is 5.92.